The van der Waals surface area contributed by atoms with Gasteiger partial charge in [-0.2, -0.15) is 0 Å². The highest BCUT2D eigenvalue weighted by Gasteiger charge is 2.56. The molecule has 0 aliphatic rings. The van der Waals surface area contributed by atoms with Crippen molar-refractivity contribution in [3.8, 4) is 0 Å². The van der Waals surface area contributed by atoms with Crippen LogP contribution in [0.4, 0.5) is 0 Å². The molecule has 0 fully saturated rings. The first-order chi connectivity index (χ1) is 7.56. The summed E-state index contributed by atoms with van der Waals surface area (Å²) in [6.45, 7) is 29.1. The molecule has 0 aliphatic carbocycles. The summed E-state index contributed by atoms with van der Waals surface area (Å²) in [6.07, 6.45) is 1.23. The Morgan fingerprint density at radius 2 is 0.833 bits per heavy atom. The third kappa shape index (κ3) is 2.37. The maximum Gasteiger partial charge on any atom is -0.0242 e. The molecule has 0 saturated carbocycles. The molecule has 0 heteroatoms. The summed E-state index contributed by atoms with van der Waals surface area (Å²) < 4.78 is 0. The second kappa shape index (κ2) is 4.53. The number of hydrogen-bond donors (Lipinski definition) is 0. The molecule has 0 heterocycles. The Labute approximate surface area is 117 Å². The highest BCUT2D eigenvalue weighted by Crippen LogP contribution is 2.64. The lowest BCUT2D eigenvalue weighted by molar-refractivity contribution is -0.137. The second-order valence-electron chi connectivity index (χ2n) is 9.36. The van der Waals surface area contributed by atoms with E-state index in [9.17, 15) is 0 Å². The normalized spacial score (nSPS) is 16.0. The van der Waals surface area contributed by atoms with Gasteiger partial charge in [0.25, 0.3) is 0 Å². The van der Waals surface area contributed by atoms with Gasteiger partial charge >= 0.3 is 0 Å². The van der Waals surface area contributed by atoms with Crippen LogP contribution < -0.4 is 0 Å². The van der Waals surface area contributed by atoms with Gasteiger partial charge in [-0.3, -0.25) is 0 Å². The Balaban J connectivity index is 5.80. The lowest BCUT2D eigenvalue weighted by atomic mass is 9.42. The van der Waals surface area contributed by atoms with E-state index in [0.29, 0.717) is 10.8 Å². The zero-order chi connectivity index (χ0) is 15.2. The standard InChI is InChI=1S/C18H38/c1-13-15(5,6)17(9,10)18(11,12)16(7,8)14(2,3)4/h13H2,1-12H3. The molecule has 0 aliphatic heterocycles. The Kier molecular flexibility index (Phi) is 4.53. The third-order valence-electron chi connectivity index (χ3n) is 7.58. The summed E-state index contributed by atoms with van der Waals surface area (Å²) >= 11 is 0. The van der Waals surface area contributed by atoms with Crippen LogP contribution in [0.1, 0.15) is 89.5 Å². The molecular weight excluding hydrogens is 216 g/mol. The maximum atomic E-state index is 2.47. The van der Waals surface area contributed by atoms with Gasteiger partial charge in [0, 0.05) is 0 Å². The van der Waals surface area contributed by atoms with Gasteiger partial charge < -0.3 is 0 Å². The van der Waals surface area contributed by atoms with E-state index in [4.69, 9.17) is 0 Å². The van der Waals surface area contributed by atoms with Crippen molar-refractivity contribution in [3.05, 3.63) is 0 Å². The molecule has 0 saturated heterocycles. The predicted octanol–water partition coefficient (Wildman–Crippen LogP) is 6.55. The minimum Gasteiger partial charge on any atom is -0.0649 e. The molecule has 18 heavy (non-hydrogen) atoms. The van der Waals surface area contributed by atoms with Crippen molar-refractivity contribution in [1.29, 1.82) is 0 Å². The largest absolute Gasteiger partial charge is 0.0649 e. The fraction of sp³-hybridized carbons (Fsp3) is 1.00. The van der Waals surface area contributed by atoms with Crippen LogP contribution in [-0.2, 0) is 0 Å². The molecule has 0 radical (unpaired) electrons. The van der Waals surface area contributed by atoms with E-state index in [-0.39, 0.29) is 16.2 Å². The Morgan fingerprint density at radius 1 is 0.500 bits per heavy atom. The summed E-state index contributed by atoms with van der Waals surface area (Å²) in [5, 5.41) is 0. The third-order valence-corrected chi connectivity index (χ3v) is 7.58. The average molecular weight is 255 g/mol. The molecule has 0 spiro atoms. The van der Waals surface area contributed by atoms with Crippen molar-refractivity contribution in [2.75, 3.05) is 0 Å². The highest BCUT2D eigenvalue weighted by molar-refractivity contribution is 5.05. The number of rotatable bonds is 4. The minimum atomic E-state index is 0.262. The van der Waals surface area contributed by atoms with Crippen molar-refractivity contribution < 1.29 is 0 Å². The summed E-state index contributed by atoms with van der Waals surface area (Å²) in [4.78, 5) is 0. The molecule has 0 aromatic rings. The van der Waals surface area contributed by atoms with Gasteiger partial charge in [-0.05, 0) is 27.1 Å². The van der Waals surface area contributed by atoms with Crippen molar-refractivity contribution in [2.24, 2.45) is 27.1 Å². The molecule has 0 rings (SSSR count). The quantitative estimate of drug-likeness (QED) is 0.534. The number of hydrogen-bond acceptors (Lipinski definition) is 0. The Hall–Kier alpha value is 0. The Morgan fingerprint density at radius 3 is 1.06 bits per heavy atom. The zero-order valence-corrected chi connectivity index (χ0v) is 15.2. The van der Waals surface area contributed by atoms with E-state index in [2.05, 4.69) is 83.1 Å². The molecule has 110 valence electrons. The van der Waals surface area contributed by atoms with Crippen LogP contribution in [0.2, 0.25) is 0 Å². The molecular formula is C18H38. The van der Waals surface area contributed by atoms with E-state index in [0.717, 1.165) is 0 Å². The molecule has 0 nitrogen and oxygen atoms in total. The van der Waals surface area contributed by atoms with E-state index in [1.54, 1.807) is 0 Å². The van der Waals surface area contributed by atoms with Crippen LogP contribution in [0.5, 0.6) is 0 Å². The summed E-state index contributed by atoms with van der Waals surface area (Å²) in [6, 6.07) is 0. The minimum absolute atomic E-state index is 0.262. The molecule has 0 atom stereocenters. The van der Waals surface area contributed by atoms with Crippen molar-refractivity contribution in [1.82, 2.24) is 0 Å². The van der Waals surface area contributed by atoms with E-state index < -0.39 is 0 Å². The monoisotopic (exact) mass is 254 g/mol. The van der Waals surface area contributed by atoms with E-state index >= 15 is 0 Å². The van der Waals surface area contributed by atoms with Crippen molar-refractivity contribution >= 4 is 0 Å². The van der Waals surface area contributed by atoms with Crippen LogP contribution in [0.15, 0.2) is 0 Å². The molecule has 0 aromatic carbocycles. The highest BCUT2D eigenvalue weighted by atomic mass is 14.6. The first-order valence-electron chi connectivity index (χ1n) is 7.56. The fourth-order valence-electron chi connectivity index (χ4n) is 3.01. The average Bonchev–Trinajstić information content (AvgIpc) is 2.15. The van der Waals surface area contributed by atoms with Crippen LogP contribution in [-0.4, -0.2) is 0 Å². The second-order valence-corrected chi connectivity index (χ2v) is 9.36. The van der Waals surface area contributed by atoms with Crippen LogP contribution in [0.3, 0.4) is 0 Å². The topological polar surface area (TPSA) is 0 Å². The van der Waals surface area contributed by atoms with Crippen LogP contribution in [0, 0.1) is 27.1 Å². The SMILES string of the molecule is CCC(C)(C)C(C)(C)C(C)(C)C(C)(C)C(C)(C)C. The molecule has 0 N–H and O–H groups in total. The van der Waals surface area contributed by atoms with Gasteiger partial charge in [-0.25, -0.2) is 0 Å². The zero-order valence-electron chi connectivity index (χ0n) is 15.2. The summed E-state index contributed by atoms with van der Waals surface area (Å²) in [5.41, 5.74) is 1.47. The van der Waals surface area contributed by atoms with Gasteiger partial charge in [0.1, 0.15) is 0 Å². The van der Waals surface area contributed by atoms with Crippen LogP contribution >= 0.6 is 0 Å². The molecule has 0 amide bonds. The first-order valence-corrected chi connectivity index (χ1v) is 7.56. The first kappa shape index (κ1) is 18.0. The van der Waals surface area contributed by atoms with Crippen molar-refractivity contribution in [2.45, 2.75) is 89.5 Å². The lowest BCUT2D eigenvalue weighted by Crippen LogP contribution is -2.55. The van der Waals surface area contributed by atoms with E-state index in [1.165, 1.54) is 6.42 Å². The maximum absolute atomic E-state index is 2.47. The molecule has 0 unspecified atom stereocenters. The summed E-state index contributed by atoms with van der Waals surface area (Å²) in [5.74, 6) is 0. The smallest absolute Gasteiger partial charge is 0.0242 e. The van der Waals surface area contributed by atoms with Gasteiger partial charge in [-0.15, -0.1) is 0 Å². The Bertz CT molecular complexity index is 282. The fourth-order valence-corrected chi connectivity index (χ4v) is 3.01. The van der Waals surface area contributed by atoms with Gasteiger partial charge in [0.05, 0.1) is 0 Å². The molecule has 0 aromatic heterocycles. The van der Waals surface area contributed by atoms with Gasteiger partial charge in [0.15, 0.2) is 0 Å². The summed E-state index contributed by atoms with van der Waals surface area (Å²) in [7, 11) is 0. The van der Waals surface area contributed by atoms with Crippen LogP contribution in [0.25, 0.3) is 0 Å². The predicted molar refractivity (Wildman–Crippen MR) is 84.9 cm³/mol. The van der Waals surface area contributed by atoms with Gasteiger partial charge in [0.2, 0.25) is 0 Å². The molecule has 0 bridgehead atoms. The lowest BCUT2D eigenvalue weighted by Gasteiger charge is -2.62. The van der Waals surface area contributed by atoms with Crippen molar-refractivity contribution in [3.63, 3.8) is 0 Å². The van der Waals surface area contributed by atoms with E-state index in [1.807, 2.05) is 0 Å². The van der Waals surface area contributed by atoms with Gasteiger partial charge in [-0.1, -0.05) is 89.5 Å².